The largest absolute Gasteiger partial charge is 0.495 e. The van der Waals surface area contributed by atoms with Crippen molar-refractivity contribution in [3.05, 3.63) is 28.8 Å². The third-order valence-electron chi connectivity index (χ3n) is 11.3. The number of halogens is 1. The SMILES string of the molecule is CC[C@H](C)[C@H]1C(=O)N(C)[C@@H](Cc2ccc(OC)c(Cl)c2)C(=O)N[C@@H](C(C)C)C(=O)O[C@H](C)[C@H](NC(=O)[C@H](O)CO)C(=O)N[C@@H](CCCN=C(N)N)C(=O)N[C@H]2CC[C@@H](OC)N1C2=O. The van der Waals surface area contributed by atoms with E-state index < -0.39 is 115 Å². The topological polar surface area (TPSA) is 307 Å². The van der Waals surface area contributed by atoms with Gasteiger partial charge in [-0.2, -0.15) is 0 Å². The van der Waals surface area contributed by atoms with Gasteiger partial charge in [0, 0.05) is 27.1 Å². The zero-order valence-electron chi connectivity index (χ0n) is 37.1. The lowest BCUT2D eigenvalue weighted by molar-refractivity contribution is -0.171. The average Bonchev–Trinajstić information content (AvgIpc) is 3.24. The van der Waals surface area contributed by atoms with Crippen molar-refractivity contribution in [3.8, 4) is 5.75 Å². The number of hydrogen-bond donors (Lipinski definition) is 8. The van der Waals surface area contributed by atoms with E-state index in [1.165, 1.54) is 38.0 Å². The smallest absolute Gasteiger partial charge is 0.329 e. The fourth-order valence-electron chi connectivity index (χ4n) is 7.37. The number of aliphatic hydroxyl groups excluding tert-OH is 2. The molecule has 352 valence electrons. The Balaban J connectivity index is 2.27. The Labute approximate surface area is 372 Å². The molecule has 21 nitrogen and oxygen atoms in total. The second-order valence-corrected chi connectivity index (χ2v) is 16.5. The molecule has 2 aliphatic rings. The van der Waals surface area contributed by atoms with E-state index in [9.17, 15) is 43.8 Å². The van der Waals surface area contributed by atoms with E-state index >= 15 is 0 Å². The van der Waals surface area contributed by atoms with Gasteiger partial charge in [-0.3, -0.25) is 33.8 Å². The van der Waals surface area contributed by atoms with Crippen LogP contribution in [-0.4, -0.2) is 156 Å². The molecular formula is C41H64ClN9O12. The molecule has 0 aromatic heterocycles. The van der Waals surface area contributed by atoms with E-state index in [-0.39, 0.29) is 49.6 Å². The number of amides is 6. The highest BCUT2D eigenvalue weighted by Gasteiger charge is 2.47. The van der Waals surface area contributed by atoms with Crippen LogP contribution in [0.3, 0.4) is 0 Å². The van der Waals surface area contributed by atoms with Gasteiger partial charge >= 0.3 is 5.97 Å². The Morgan fingerprint density at radius 1 is 1.03 bits per heavy atom. The highest BCUT2D eigenvalue weighted by molar-refractivity contribution is 6.32. The number of cyclic esters (lactones) is 1. The van der Waals surface area contributed by atoms with Crippen molar-refractivity contribution >= 4 is 59.0 Å². The fourth-order valence-corrected chi connectivity index (χ4v) is 7.65. The number of likely N-dealkylation sites (N-methyl/N-ethyl adjacent to an activating group) is 1. The van der Waals surface area contributed by atoms with Crippen molar-refractivity contribution in [2.24, 2.45) is 28.3 Å². The number of ether oxygens (including phenoxy) is 3. The van der Waals surface area contributed by atoms with E-state index in [0.717, 1.165) is 0 Å². The number of carbonyl (C=O) groups excluding carboxylic acids is 7. The van der Waals surface area contributed by atoms with Gasteiger partial charge in [0.25, 0.3) is 5.91 Å². The van der Waals surface area contributed by atoms with Gasteiger partial charge in [-0.1, -0.05) is 51.8 Å². The summed E-state index contributed by atoms with van der Waals surface area (Å²) in [6.45, 7) is 7.15. The summed E-state index contributed by atoms with van der Waals surface area (Å²) in [6.07, 6.45) is -3.81. The average molecular weight is 910 g/mol. The lowest BCUT2D eigenvalue weighted by atomic mass is 9.91. The van der Waals surface area contributed by atoms with Crippen LogP contribution < -0.4 is 37.5 Å². The minimum atomic E-state index is -1.98. The van der Waals surface area contributed by atoms with Crippen LogP contribution in [-0.2, 0) is 49.5 Å². The Hall–Kier alpha value is -5.25. The van der Waals surface area contributed by atoms with Crippen LogP contribution >= 0.6 is 11.6 Å². The quantitative estimate of drug-likeness (QED) is 0.0465. The van der Waals surface area contributed by atoms with Gasteiger partial charge in [0.15, 0.2) is 12.1 Å². The molecule has 63 heavy (non-hydrogen) atoms. The van der Waals surface area contributed by atoms with Crippen LogP contribution in [0, 0.1) is 11.8 Å². The molecule has 0 saturated carbocycles. The zero-order valence-corrected chi connectivity index (χ0v) is 37.8. The van der Waals surface area contributed by atoms with Crippen molar-refractivity contribution in [1.82, 2.24) is 31.1 Å². The number of aliphatic imine (C=N–C) groups is 1. The lowest BCUT2D eigenvalue weighted by Gasteiger charge is -2.46. The molecule has 1 aromatic carbocycles. The summed E-state index contributed by atoms with van der Waals surface area (Å²) in [5.41, 5.74) is 11.5. The molecule has 2 saturated heterocycles. The summed E-state index contributed by atoms with van der Waals surface area (Å²) in [4.78, 5) is 106. The predicted octanol–water partition coefficient (Wildman–Crippen LogP) is -1.32. The first-order valence-electron chi connectivity index (χ1n) is 20.9. The summed E-state index contributed by atoms with van der Waals surface area (Å²) in [7, 11) is 4.24. The highest BCUT2D eigenvalue weighted by atomic mass is 35.5. The van der Waals surface area contributed by atoms with Crippen molar-refractivity contribution < 1.29 is 58.0 Å². The molecule has 22 heteroatoms. The molecule has 0 radical (unpaired) electrons. The molecule has 10 N–H and O–H groups in total. The number of nitrogens with one attached hydrogen (secondary N) is 4. The molecule has 0 aliphatic carbocycles. The maximum Gasteiger partial charge on any atom is 0.329 e. The molecule has 2 bridgehead atoms. The maximum atomic E-state index is 15.0. The molecule has 6 amide bonds. The van der Waals surface area contributed by atoms with E-state index in [1.807, 2.05) is 6.92 Å². The van der Waals surface area contributed by atoms with Gasteiger partial charge in [0.2, 0.25) is 29.5 Å². The van der Waals surface area contributed by atoms with Crippen LogP contribution in [0.25, 0.3) is 0 Å². The lowest BCUT2D eigenvalue weighted by Crippen LogP contribution is -2.66. The van der Waals surface area contributed by atoms with Crippen molar-refractivity contribution in [2.75, 3.05) is 34.4 Å². The number of benzene rings is 1. The van der Waals surface area contributed by atoms with E-state index in [4.69, 9.17) is 37.3 Å². The second kappa shape index (κ2) is 24.0. The molecule has 0 unspecified atom stereocenters. The van der Waals surface area contributed by atoms with Gasteiger partial charge in [-0.25, -0.2) is 4.79 Å². The third kappa shape index (κ3) is 13.6. The number of rotatable bonds is 14. The first-order valence-corrected chi connectivity index (χ1v) is 21.3. The monoisotopic (exact) mass is 909 g/mol. The van der Waals surface area contributed by atoms with Crippen LogP contribution in [0.5, 0.6) is 5.75 Å². The molecular weight excluding hydrogens is 846 g/mol. The van der Waals surface area contributed by atoms with Gasteiger partial charge in [0.1, 0.15) is 54.3 Å². The normalized spacial score (nSPS) is 26.5. The Kier molecular flexibility index (Phi) is 19.8. The number of methoxy groups -OCH3 is 2. The summed E-state index contributed by atoms with van der Waals surface area (Å²) >= 11 is 6.47. The van der Waals surface area contributed by atoms with Crippen LogP contribution in [0.1, 0.15) is 72.3 Å². The third-order valence-corrected chi connectivity index (χ3v) is 11.6. The zero-order chi connectivity index (χ0) is 47.3. The Morgan fingerprint density at radius 2 is 1.71 bits per heavy atom. The van der Waals surface area contributed by atoms with Crippen LogP contribution in [0.4, 0.5) is 0 Å². The van der Waals surface area contributed by atoms with E-state index in [1.54, 1.807) is 39.0 Å². The summed E-state index contributed by atoms with van der Waals surface area (Å²) in [5.74, 6) is -7.16. The number of esters is 1. The van der Waals surface area contributed by atoms with Crippen LogP contribution in [0.2, 0.25) is 5.02 Å². The molecule has 3 rings (SSSR count). The van der Waals surface area contributed by atoms with Gasteiger partial charge in [-0.05, 0) is 62.1 Å². The summed E-state index contributed by atoms with van der Waals surface area (Å²) < 4.78 is 16.8. The number of nitrogens with zero attached hydrogens (tertiary/aromatic N) is 3. The molecule has 0 spiro atoms. The summed E-state index contributed by atoms with van der Waals surface area (Å²) in [5, 5.41) is 30.1. The Bertz CT molecular complexity index is 1830. The number of hydrogen-bond acceptors (Lipinski definition) is 13. The number of nitrogens with two attached hydrogens (primary N) is 2. The number of piperidine rings is 1. The maximum absolute atomic E-state index is 15.0. The second-order valence-electron chi connectivity index (χ2n) is 16.1. The van der Waals surface area contributed by atoms with Crippen molar-refractivity contribution in [3.63, 3.8) is 0 Å². The minimum Gasteiger partial charge on any atom is -0.495 e. The van der Waals surface area contributed by atoms with Crippen molar-refractivity contribution in [1.29, 1.82) is 0 Å². The molecule has 2 fully saturated rings. The van der Waals surface area contributed by atoms with Crippen molar-refractivity contribution in [2.45, 2.75) is 128 Å². The molecule has 1 aromatic rings. The Morgan fingerprint density at radius 3 is 2.29 bits per heavy atom. The van der Waals surface area contributed by atoms with E-state index in [0.29, 0.717) is 17.7 Å². The van der Waals surface area contributed by atoms with Gasteiger partial charge in [-0.15, -0.1) is 0 Å². The standard InChI is InChI=1S/C41H64ClN9O12/c1-9-21(4)33-39(59)50(6)27(18-23-12-14-29(61-7)24(42)17-23)35(55)48-31(20(2)3)40(60)63-22(5)32(49-36(56)28(53)19-52)37(57)46-25(11-10-16-45-41(43)44)34(54)47-26-13-15-30(62-8)51(33)38(26)58/h12,14,17,20-22,25-28,30-33,52-53H,9-11,13,15-16,18-19H2,1-8H3,(H,46,57)(H,47,54)(H,48,55)(H,49,56)(H4,43,44,45)/t21-,22+,25-,26-,27-,28+,30+,31-,32-,33-/m0/s1. The fraction of sp³-hybridized carbons (Fsp3) is 0.659. The first kappa shape index (κ1) is 52.1. The molecule has 10 atom stereocenters. The minimum absolute atomic E-state index is 0.0472. The van der Waals surface area contributed by atoms with Crippen LogP contribution in [0.15, 0.2) is 23.2 Å². The van der Waals surface area contributed by atoms with Gasteiger partial charge in [0.05, 0.1) is 18.7 Å². The number of carbonyl (C=O) groups is 7. The molecule has 2 aliphatic heterocycles. The number of fused-ring (bicyclic) bond motifs is 2. The molecule has 2 heterocycles. The predicted molar refractivity (Wildman–Crippen MR) is 230 cm³/mol. The number of aliphatic hydroxyl groups is 2. The number of guanidine groups is 1. The highest BCUT2D eigenvalue weighted by Crippen LogP contribution is 2.30. The summed E-state index contributed by atoms with van der Waals surface area (Å²) in [6, 6.07) is -3.47. The van der Waals surface area contributed by atoms with E-state index in [2.05, 4.69) is 26.3 Å². The first-order chi connectivity index (χ1) is 29.7. The van der Waals surface area contributed by atoms with Gasteiger partial charge < -0.3 is 67.0 Å².